The smallest absolute Gasteiger partial charge is 0.258 e. The average molecular weight is 423 g/mol. The molecule has 2 aromatic carbocycles. The molecular weight excluding hydrogens is 400 g/mol. The zero-order valence-electron chi connectivity index (χ0n) is 15.7. The number of benzene rings is 2. The Hall–Kier alpha value is -2.26. The lowest BCUT2D eigenvalue weighted by molar-refractivity contribution is 0.432. The number of nitrogens with two attached hydrogens (primary N) is 1. The molecule has 1 heterocycles. The van der Waals surface area contributed by atoms with E-state index in [4.69, 9.17) is 10.3 Å². The Kier molecular flexibility index (Phi) is 7.31. The van der Waals surface area contributed by atoms with Crippen LogP contribution in [0, 0.1) is 0 Å². The van der Waals surface area contributed by atoms with Crippen molar-refractivity contribution in [3.63, 3.8) is 0 Å². The van der Waals surface area contributed by atoms with E-state index in [1.807, 2.05) is 38.1 Å². The molecule has 7 nitrogen and oxygen atoms in total. The van der Waals surface area contributed by atoms with Crippen LogP contribution in [0.1, 0.15) is 19.4 Å². The highest BCUT2D eigenvalue weighted by Gasteiger charge is 2.22. The Morgan fingerprint density at radius 3 is 2.32 bits per heavy atom. The standard InChI is InChI=1S/C19H22N4O3S.ClH/c1-3-23(4-2)27(24,25)17-7-5-6-16(12-17)19-21-18(22-26-19)15-10-8-14(13-20)9-11-15;/h5-12H,3-4,13,20H2,1-2H3;1H. The quantitative estimate of drug-likeness (QED) is 0.626. The molecule has 0 bridgehead atoms. The minimum atomic E-state index is -3.55. The lowest BCUT2D eigenvalue weighted by Crippen LogP contribution is -2.30. The van der Waals surface area contributed by atoms with Crippen molar-refractivity contribution >= 4 is 22.4 Å². The van der Waals surface area contributed by atoms with Crippen LogP contribution in [0.25, 0.3) is 22.8 Å². The van der Waals surface area contributed by atoms with E-state index in [-0.39, 0.29) is 23.2 Å². The monoisotopic (exact) mass is 422 g/mol. The van der Waals surface area contributed by atoms with Gasteiger partial charge in [0.2, 0.25) is 15.8 Å². The van der Waals surface area contributed by atoms with E-state index in [0.717, 1.165) is 11.1 Å². The minimum absolute atomic E-state index is 0. The molecule has 0 aliphatic heterocycles. The van der Waals surface area contributed by atoms with Gasteiger partial charge in [-0.2, -0.15) is 9.29 Å². The highest BCUT2D eigenvalue weighted by Crippen LogP contribution is 2.25. The molecule has 3 aromatic rings. The Bertz CT molecular complexity index is 1020. The Morgan fingerprint density at radius 1 is 1.04 bits per heavy atom. The van der Waals surface area contributed by atoms with Crippen LogP contribution >= 0.6 is 12.4 Å². The van der Waals surface area contributed by atoms with Gasteiger partial charge in [-0.15, -0.1) is 12.4 Å². The van der Waals surface area contributed by atoms with Crippen molar-refractivity contribution < 1.29 is 12.9 Å². The number of rotatable bonds is 7. The van der Waals surface area contributed by atoms with Gasteiger partial charge in [0.05, 0.1) is 4.90 Å². The summed E-state index contributed by atoms with van der Waals surface area (Å²) in [4.78, 5) is 4.60. The van der Waals surface area contributed by atoms with Crippen LogP contribution in [0.4, 0.5) is 0 Å². The molecule has 0 atom stereocenters. The molecule has 0 fully saturated rings. The van der Waals surface area contributed by atoms with Crippen molar-refractivity contribution in [1.29, 1.82) is 0 Å². The van der Waals surface area contributed by atoms with E-state index in [0.29, 0.717) is 31.0 Å². The highest BCUT2D eigenvalue weighted by atomic mass is 35.5. The molecule has 0 saturated heterocycles. The number of hydrogen-bond acceptors (Lipinski definition) is 6. The minimum Gasteiger partial charge on any atom is -0.334 e. The molecule has 0 unspecified atom stereocenters. The SMILES string of the molecule is CCN(CC)S(=O)(=O)c1cccc(-c2nc(-c3ccc(CN)cc3)no2)c1.Cl. The average Bonchev–Trinajstić information content (AvgIpc) is 3.19. The van der Waals surface area contributed by atoms with Crippen LogP contribution in [0.2, 0.25) is 0 Å². The third-order valence-corrected chi connectivity index (χ3v) is 6.34. The predicted molar refractivity (Wildman–Crippen MR) is 110 cm³/mol. The van der Waals surface area contributed by atoms with E-state index >= 15 is 0 Å². The zero-order valence-corrected chi connectivity index (χ0v) is 17.3. The van der Waals surface area contributed by atoms with Gasteiger partial charge >= 0.3 is 0 Å². The maximum absolute atomic E-state index is 12.7. The third-order valence-electron chi connectivity index (χ3n) is 4.30. The van der Waals surface area contributed by atoms with Gasteiger partial charge in [0, 0.05) is 30.8 Å². The number of sulfonamides is 1. The van der Waals surface area contributed by atoms with Crippen LogP contribution < -0.4 is 5.73 Å². The van der Waals surface area contributed by atoms with Crippen molar-refractivity contribution in [3.05, 3.63) is 54.1 Å². The molecule has 0 amide bonds. The lowest BCUT2D eigenvalue weighted by atomic mass is 10.1. The molecule has 3 rings (SSSR count). The first-order valence-electron chi connectivity index (χ1n) is 8.73. The molecule has 0 aliphatic carbocycles. The molecular formula is C19H23ClN4O3S. The van der Waals surface area contributed by atoms with Crippen molar-refractivity contribution in [2.24, 2.45) is 5.73 Å². The van der Waals surface area contributed by atoms with Crippen molar-refractivity contribution in [2.75, 3.05) is 13.1 Å². The third kappa shape index (κ3) is 4.41. The Labute approximate surface area is 171 Å². The summed E-state index contributed by atoms with van der Waals surface area (Å²) in [6, 6.07) is 14.1. The second-order valence-electron chi connectivity index (χ2n) is 5.94. The van der Waals surface area contributed by atoms with E-state index in [1.165, 1.54) is 4.31 Å². The molecule has 0 aliphatic rings. The highest BCUT2D eigenvalue weighted by molar-refractivity contribution is 7.89. The summed E-state index contributed by atoms with van der Waals surface area (Å²) in [5, 5.41) is 4.00. The van der Waals surface area contributed by atoms with Crippen LogP contribution in [0.15, 0.2) is 57.9 Å². The first kappa shape index (κ1) is 22.0. The van der Waals surface area contributed by atoms with Gasteiger partial charge in [-0.25, -0.2) is 8.42 Å². The van der Waals surface area contributed by atoms with Crippen molar-refractivity contribution in [3.8, 4) is 22.8 Å². The summed E-state index contributed by atoms with van der Waals surface area (Å²) in [6.45, 7) is 4.90. The summed E-state index contributed by atoms with van der Waals surface area (Å²) in [5.74, 6) is 0.704. The molecule has 0 spiro atoms. The van der Waals surface area contributed by atoms with Gasteiger partial charge < -0.3 is 10.3 Å². The predicted octanol–water partition coefficient (Wildman–Crippen LogP) is 3.31. The van der Waals surface area contributed by atoms with Crippen LogP contribution in [0.3, 0.4) is 0 Å². The fourth-order valence-corrected chi connectivity index (χ4v) is 4.25. The van der Waals surface area contributed by atoms with Gasteiger partial charge in [0.25, 0.3) is 5.89 Å². The molecule has 0 saturated carbocycles. The van der Waals surface area contributed by atoms with Gasteiger partial charge in [0.1, 0.15) is 0 Å². The van der Waals surface area contributed by atoms with E-state index in [2.05, 4.69) is 10.1 Å². The normalized spacial score (nSPS) is 11.4. The zero-order chi connectivity index (χ0) is 19.4. The largest absolute Gasteiger partial charge is 0.334 e. The lowest BCUT2D eigenvalue weighted by Gasteiger charge is -2.18. The topological polar surface area (TPSA) is 102 Å². The van der Waals surface area contributed by atoms with Gasteiger partial charge in [-0.05, 0) is 23.8 Å². The van der Waals surface area contributed by atoms with Crippen LogP contribution in [-0.4, -0.2) is 36.0 Å². The first-order chi connectivity index (χ1) is 13.0. The molecule has 28 heavy (non-hydrogen) atoms. The van der Waals surface area contributed by atoms with E-state index in [1.54, 1.807) is 24.3 Å². The molecule has 2 N–H and O–H groups in total. The fourth-order valence-electron chi connectivity index (χ4n) is 2.75. The second-order valence-corrected chi connectivity index (χ2v) is 7.88. The van der Waals surface area contributed by atoms with Crippen molar-refractivity contribution in [1.82, 2.24) is 14.4 Å². The molecule has 0 radical (unpaired) electrons. The Morgan fingerprint density at radius 2 is 1.71 bits per heavy atom. The fraction of sp³-hybridized carbons (Fsp3) is 0.263. The number of aromatic nitrogens is 2. The summed E-state index contributed by atoms with van der Waals surface area (Å²) in [5.41, 5.74) is 7.97. The molecule has 150 valence electrons. The number of nitrogens with zero attached hydrogens (tertiary/aromatic N) is 3. The van der Waals surface area contributed by atoms with E-state index in [9.17, 15) is 8.42 Å². The van der Waals surface area contributed by atoms with Crippen molar-refractivity contribution in [2.45, 2.75) is 25.3 Å². The maximum Gasteiger partial charge on any atom is 0.258 e. The summed E-state index contributed by atoms with van der Waals surface area (Å²) < 4.78 is 32.2. The van der Waals surface area contributed by atoms with Gasteiger partial charge in [0.15, 0.2) is 0 Å². The maximum atomic E-state index is 12.7. The summed E-state index contributed by atoms with van der Waals surface area (Å²) in [6.07, 6.45) is 0. The Balaban J connectivity index is 0.00000280. The summed E-state index contributed by atoms with van der Waals surface area (Å²) in [7, 11) is -3.55. The first-order valence-corrected chi connectivity index (χ1v) is 10.2. The number of halogens is 1. The second kappa shape index (κ2) is 9.29. The van der Waals surface area contributed by atoms with Gasteiger partial charge in [-0.3, -0.25) is 0 Å². The van der Waals surface area contributed by atoms with Crippen LogP contribution in [-0.2, 0) is 16.6 Å². The number of hydrogen-bond donors (Lipinski definition) is 1. The van der Waals surface area contributed by atoms with Gasteiger partial charge in [-0.1, -0.05) is 49.3 Å². The van der Waals surface area contributed by atoms with E-state index < -0.39 is 10.0 Å². The molecule has 1 aromatic heterocycles. The van der Waals surface area contributed by atoms with Crippen LogP contribution in [0.5, 0.6) is 0 Å². The molecule has 9 heteroatoms. The summed E-state index contributed by atoms with van der Waals surface area (Å²) >= 11 is 0.